The summed E-state index contributed by atoms with van der Waals surface area (Å²) in [5, 5.41) is 8.38. The summed E-state index contributed by atoms with van der Waals surface area (Å²) in [5.41, 5.74) is -0.903. The van der Waals surface area contributed by atoms with Crippen molar-refractivity contribution in [3.8, 4) is 0 Å². The standard InChI is InChI=1S/C31H42N8O6/c1-7-8-16-38-25-26(35-28(38)37-15-11-12-20(18-37)34-29(43)45-31(2,3)4)36(6)30(44)39(27(25)42)19-23(40)21-13-9-10-14-22(21)33-17-24(41)32-5/h7-10,13-14,20,33H,11-12,15-19H2,1-6H3,(H,32,41)(H,34,43)/b8-7+/t20-/m1/s1. The molecule has 3 aromatic rings. The van der Waals surface area contributed by atoms with E-state index in [1.54, 1.807) is 49.6 Å². The second-order valence-electron chi connectivity index (χ2n) is 11.9. The molecule has 1 saturated heterocycles. The van der Waals surface area contributed by atoms with Gasteiger partial charge in [-0.1, -0.05) is 24.3 Å². The number of allylic oxidation sites excluding steroid dienone is 2. The topological polar surface area (TPSA) is 162 Å². The van der Waals surface area contributed by atoms with Crippen molar-refractivity contribution in [1.29, 1.82) is 0 Å². The summed E-state index contributed by atoms with van der Waals surface area (Å²) < 4.78 is 9.37. The molecule has 3 N–H and O–H groups in total. The number of nitrogens with zero attached hydrogens (tertiary/aromatic N) is 5. The van der Waals surface area contributed by atoms with Crippen LogP contribution in [0.1, 0.15) is 50.9 Å². The van der Waals surface area contributed by atoms with Crippen LogP contribution in [0, 0.1) is 0 Å². The first kappa shape index (κ1) is 33.0. The van der Waals surface area contributed by atoms with Crippen molar-refractivity contribution in [2.24, 2.45) is 7.05 Å². The molecule has 14 heteroatoms. The number of nitrogens with one attached hydrogen (secondary N) is 3. The number of ketones is 1. The number of aryl methyl sites for hydroxylation is 1. The van der Waals surface area contributed by atoms with Gasteiger partial charge in [0.1, 0.15) is 5.60 Å². The van der Waals surface area contributed by atoms with E-state index in [2.05, 4.69) is 16.0 Å². The first-order chi connectivity index (χ1) is 21.3. The van der Waals surface area contributed by atoms with E-state index in [4.69, 9.17) is 9.72 Å². The highest BCUT2D eigenvalue weighted by atomic mass is 16.6. The molecular formula is C31H42N8O6. The number of rotatable bonds is 10. The van der Waals surface area contributed by atoms with E-state index in [1.807, 2.05) is 24.0 Å². The second-order valence-corrected chi connectivity index (χ2v) is 11.9. The summed E-state index contributed by atoms with van der Waals surface area (Å²) >= 11 is 0. The van der Waals surface area contributed by atoms with E-state index >= 15 is 0 Å². The average Bonchev–Trinajstić information content (AvgIpc) is 3.38. The lowest BCUT2D eigenvalue weighted by Crippen LogP contribution is -2.49. The first-order valence-corrected chi connectivity index (χ1v) is 15.0. The minimum absolute atomic E-state index is 0.0496. The van der Waals surface area contributed by atoms with Gasteiger partial charge >= 0.3 is 11.8 Å². The van der Waals surface area contributed by atoms with Gasteiger partial charge in [0.15, 0.2) is 16.9 Å². The smallest absolute Gasteiger partial charge is 0.407 e. The SMILES string of the molecule is C/C=C/Cn1c(N2CCC[C@@H](NC(=O)OC(C)(C)C)C2)nc2c1c(=O)n(CC(=O)c1ccccc1NCC(=O)NC)c(=O)n2C. The number of fused-ring (bicyclic) bond motifs is 1. The Hall–Kier alpha value is -4.88. The molecular weight excluding hydrogens is 580 g/mol. The maximum Gasteiger partial charge on any atom is 0.407 e. The molecule has 1 aliphatic rings. The number of piperidine rings is 1. The number of Topliss-reactive ketones (excluding diaryl/α,β-unsaturated/α-hetero) is 1. The van der Waals surface area contributed by atoms with Crippen LogP contribution in [0.25, 0.3) is 11.2 Å². The Bertz CT molecular complexity index is 1730. The number of carbonyl (C=O) groups is 3. The molecule has 2 aromatic heterocycles. The van der Waals surface area contributed by atoms with Gasteiger partial charge in [-0.3, -0.25) is 23.5 Å². The van der Waals surface area contributed by atoms with E-state index in [1.165, 1.54) is 18.7 Å². The minimum Gasteiger partial charge on any atom is -0.444 e. The maximum absolute atomic E-state index is 14.0. The Morgan fingerprint density at radius 1 is 1.13 bits per heavy atom. The first-order valence-electron chi connectivity index (χ1n) is 15.0. The summed E-state index contributed by atoms with van der Waals surface area (Å²) in [7, 11) is 3.03. The summed E-state index contributed by atoms with van der Waals surface area (Å²) in [4.78, 5) is 71.9. The largest absolute Gasteiger partial charge is 0.444 e. The highest BCUT2D eigenvalue weighted by molar-refractivity contribution is 6.01. The fourth-order valence-electron chi connectivity index (χ4n) is 5.25. The van der Waals surface area contributed by atoms with Crippen molar-refractivity contribution in [1.82, 2.24) is 29.3 Å². The monoisotopic (exact) mass is 622 g/mol. The van der Waals surface area contributed by atoms with Crippen LogP contribution in [-0.4, -0.2) is 74.8 Å². The van der Waals surface area contributed by atoms with Gasteiger partial charge in [0.25, 0.3) is 5.56 Å². The zero-order chi connectivity index (χ0) is 32.9. The lowest BCUT2D eigenvalue weighted by molar-refractivity contribution is -0.118. The van der Waals surface area contributed by atoms with Crippen LogP contribution in [0.15, 0.2) is 46.0 Å². The third-order valence-electron chi connectivity index (χ3n) is 7.41. The molecule has 2 amide bonds. The van der Waals surface area contributed by atoms with E-state index in [0.717, 1.165) is 17.4 Å². The Morgan fingerprint density at radius 3 is 2.56 bits per heavy atom. The van der Waals surface area contributed by atoms with Gasteiger partial charge in [-0.25, -0.2) is 9.59 Å². The number of hydrogen-bond acceptors (Lipinski definition) is 9. The molecule has 1 atom stereocenters. The molecule has 1 fully saturated rings. The zero-order valence-electron chi connectivity index (χ0n) is 26.7. The number of benzene rings is 1. The molecule has 0 radical (unpaired) electrons. The van der Waals surface area contributed by atoms with Crippen LogP contribution in [0.4, 0.5) is 16.4 Å². The van der Waals surface area contributed by atoms with Crippen LogP contribution in [0.5, 0.6) is 0 Å². The van der Waals surface area contributed by atoms with Crippen LogP contribution in [-0.2, 0) is 29.7 Å². The Labute approximate surface area is 261 Å². The quantitative estimate of drug-likeness (QED) is 0.227. The van der Waals surface area contributed by atoms with Crippen molar-refractivity contribution >= 4 is 40.6 Å². The maximum atomic E-state index is 14.0. The van der Waals surface area contributed by atoms with Crippen molar-refractivity contribution in [3.05, 3.63) is 62.8 Å². The Kier molecular flexibility index (Phi) is 10.1. The number of aromatic nitrogens is 4. The van der Waals surface area contributed by atoms with Gasteiger partial charge in [0.05, 0.1) is 13.1 Å². The number of hydrogen-bond donors (Lipinski definition) is 3. The molecule has 3 heterocycles. The van der Waals surface area contributed by atoms with Gasteiger partial charge in [-0.2, -0.15) is 4.98 Å². The van der Waals surface area contributed by atoms with Crippen LogP contribution in [0.2, 0.25) is 0 Å². The summed E-state index contributed by atoms with van der Waals surface area (Å²) in [6, 6.07) is 6.41. The fraction of sp³-hybridized carbons (Fsp3) is 0.484. The molecule has 0 aliphatic carbocycles. The minimum atomic E-state index is -0.679. The lowest BCUT2D eigenvalue weighted by Gasteiger charge is -2.34. The molecule has 14 nitrogen and oxygen atoms in total. The zero-order valence-corrected chi connectivity index (χ0v) is 26.7. The lowest BCUT2D eigenvalue weighted by atomic mass is 10.1. The normalized spacial score (nSPS) is 15.3. The average molecular weight is 623 g/mol. The third kappa shape index (κ3) is 7.62. The van der Waals surface area contributed by atoms with Crippen molar-refractivity contribution in [2.45, 2.75) is 65.3 Å². The summed E-state index contributed by atoms with van der Waals surface area (Å²) in [6.45, 7) is 8.08. The second kappa shape index (κ2) is 13.8. The number of ether oxygens (including phenoxy) is 1. The third-order valence-corrected chi connectivity index (χ3v) is 7.41. The number of amides is 2. The molecule has 1 aliphatic heterocycles. The van der Waals surface area contributed by atoms with E-state index in [0.29, 0.717) is 31.3 Å². The Morgan fingerprint density at radius 2 is 1.87 bits per heavy atom. The number of carbonyl (C=O) groups excluding carboxylic acids is 3. The number of likely N-dealkylation sites (N-methyl/N-ethyl adjacent to an activating group) is 1. The van der Waals surface area contributed by atoms with E-state index < -0.39 is 35.3 Å². The highest BCUT2D eigenvalue weighted by Crippen LogP contribution is 2.24. The van der Waals surface area contributed by atoms with Gasteiger partial charge < -0.3 is 30.2 Å². The fourth-order valence-corrected chi connectivity index (χ4v) is 5.25. The van der Waals surface area contributed by atoms with Crippen LogP contribution in [0.3, 0.4) is 0 Å². The van der Waals surface area contributed by atoms with Crippen LogP contribution >= 0.6 is 0 Å². The van der Waals surface area contributed by atoms with Gasteiger partial charge in [-0.15, -0.1) is 0 Å². The molecule has 0 bridgehead atoms. The summed E-state index contributed by atoms with van der Waals surface area (Å²) in [6.07, 6.45) is 4.73. The molecule has 0 unspecified atom stereocenters. The van der Waals surface area contributed by atoms with Crippen LogP contribution < -0.4 is 32.1 Å². The van der Waals surface area contributed by atoms with Crippen molar-refractivity contribution in [2.75, 3.05) is 36.9 Å². The number of anilines is 2. The molecule has 242 valence electrons. The summed E-state index contributed by atoms with van der Waals surface area (Å²) in [5.74, 6) is -0.252. The van der Waals surface area contributed by atoms with E-state index in [-0.39, 0.29) is 35.2 Å². The highest BCUT2D eigenvalue weighted by Gasteiger charge is 2.29. The number of imidazole rings is 1. The van der Waals surface area contributed by atoms with Gasteiger partial charge in [-0.05, 0) is 52.7 Å². The molecule has 0 spiro atoms. The predicted molar refractivity (Wildman–Crippen MR) is 172 cm³/mol. The molecule has 1 aromatic carbocycles. The van der Waals surface area contributed by atoms with Gasteiger partial charge in [0, 0.05) is 51.0 Å². The van der Waals surface area contributed by atoms with Crippen molar-refractivity contribution in [3.63, 3.8) is 0 Å². The van der Waals surface area contributed by atoms with Gasteiger partial charge in [0.2, 0.25) is 11.9 Å². The predicted octanol–water partition coefficient (Wildman–Crippen LogP) is 2.01. The molecule has 45 heavy (non-hydrogen) atoms. The Balaban J connectivity index is 1.71. The number of para-hydroxylation sites is 1. The van der Waals surface area contributed by atoms with Crippen molar-refractivity contribution < 1.29 is 19.1 Å². The molecule has 0 saturated carbocycles. The van der Waals surface area contributed by atoms with E-state index in [9.17, 15) is 24.0 Å². The molecule has 4 rings (SSSR count). The number of alkyl carbamates (subject to hydrolysis) is 1.